The summed E-state index contributed by atoms with van der Waals surface area (Å²) in [7, 11) is 3.76. The number of urea groups is 1. The normalized spacial score (nSPS) is 18.0. The van der Waals surface area contributed by atoms with E-state index in [2.05, 4.69) is 29.4 Å². The van der Waals surface area contributed by atoms with E-state index in [4.69, 9.17) is 19.4 Å². The molecule has 0 spiro atoms. The fraction of sp³-hybridized carbons (Fsp3) is 0.696. The highest BCUT2D eigenvalue weighted by molar-refractivity contribution is 5.87. The van der Waals surface area contributed by atoms with Crippen molar-refractivity contribution < 1.29 is 14.3 Å². The number of anilines is 1. The molecule has 0 unspecified atom stereocenters. The van der Waals surface area contributed by atoms with E-state index in [1.54, 1.807) is 7.11 Å². The highest BCUT2D eigenvalue weighted by Crippen LogP contribution is 2.33. The van der Waals surface area contributed by atoms with E-state index >= 15 is 0 Å². The number of aromatic nitrogens is 3. The lowest BCUT2D eigenvalue weighted by molar-refractivity contribution is 0.0411. The van der Waals surface area contributed by atoms with Gasteiger partial charge in [0.2, 0.25) is 0 Å². The second kappa shape index (κ2) is 10.0. The topological polar surface area (TPSA) is 76.0 Å². The van der Waals surface area contributed by atoms with Crippen LogP contribution >= 0.6 is 0 Å². The first-order valence-electron chi connectivity index (χ1n) is 11.7. The zero-order valence-electron chi connectivity index (χ0n) is 19.8. The van der Waals surface area contributed by atoms with E-state index in [1.165, 1.54) is 0 Å². The highest BCUT2D eigenvalue weighted by Gasteiger charge is 2.29. The molecular formula is C23H36N6O3. The molecule has 0 aliphatic carbocycles. The standard InChI is InChI=1S/C23H36N6O3/c1-17(2)29-16-24-21-20(29)15-19(25-22(21)26(3)9-12-31-4)18-5-7-27(8-6-18)23(30)28-10-13-32-14-11-28/h15-18H,5-14H2,1-4H3. The molecule has 2 aromatic rings. The first kappa shape index (κ1) is 22.8. The molecule has 0 radical (unpaired) electrons. The Morgan fingerprint density at radius 3 is 2.56 bits per heavy atom. The zero-order chi connectivity index (χ0) is 22.7. The molecule has 2 aliphatic heterocycles. The highest BCUT2D eigenvalue weighted by atomic mass is 16.5. The van der Waals surface area contributed by atoms with Gasteiger partial charge in [0, 0.05) is 64.5 Å². The van der Waals surface area contributed by atoms with Crippen LogP contribution in [0.5, 0.6) is 0 Å². The van der Waals surface area contributed by atoms with Crippen LogP contribution in [-0.4, -0.2) is 97.1 Å². The summed E-state index contributed by atoms with van der Waals surface area (Å²) >= 11 is 0. The van der Waals surface area contributed by atoms with Crippen molar-refractivity contribution in [1.82, 2.24) is 24.3 Å². The minimum absolute atomic E-state index is 0.146. The molecule has 2 saturated heterocycles. The SMILES string of the molecule is COCCN(C)c1nc(C2CCN(C(=O)N3CCOCC3)CC2)cc2c1ncn2C(C)C. The van der Waals surface area contributed by atoms with Gasteiger partial charge in [-0.05, 0) is 32.8 Å². The molecule has 32 heavy (non-hydrogen) atoms. The summed E-state index contributed by atoms with van der Waals surface area (Å²) in [6, 6.07) is 2.67. The maximum Gasteiger partial charge on any atom is 0.320 e. The molecule has 0 aromatic carbocycles. The predicted octanol–water partition coefficient (Wildman–Crippen LogP) is 2.73. The van der Waals surface area contributed by atoms with Crippen molar-refractivity contribution in [3.63, 3.8) is 0 Å². The van der Waals surface area contributed by atoms with Gasteiger partial charge in [0.05, 0.1) is 31.7 Å². The van der Waals surface area contributed by atoms with E-state index in [-0.39, 0.29) is 6.03 Å². The molecule has 0 N–H and O–H groups in total. The second-order valence-electron chi connectivity index (χ2n) is 9.04. The van der Waals surface area contributed by atoms with Crippen molar-refractivity contribution in [1.29, 1.82) is 0 Å². The van der Waals surface area contributed by atoms with Gasteiger partial charge in [0.1, 0.15) is 5.52 Å². The number of nitrogens with zero attached hydrogens (tertiary/aromatic N) is 6. The number of morpholine rings is 1. The number of amides is 2. The van der Waals surface area contributed by atoms with Crippen LogP contribution in [0.25, 0.3) is 11.0 Å². The third-order valence-electron chi connectivity index (χ3n) is 6.58. The molecule has 4 rings (SSSR count). The number of pyridine rings is 1. The van der Waals surface area contributed by atoms with Crippen molar-refractivity contribution in [3.8, 4) is 0 Å². The number of carbonyl (C=O) groups is 1. The summed E-state index contributed by atoms with van der Waals surface area (Å²) in [6.07, 6.45) is 3.76. The molecule has 9 heteroatoms. The number of imidazole rings is 1. The summed E-state index contributed by atoms with van der Waals surface area (Å²) in [5.74, 6) is 1.24. The van der Waals surface area contributed by atoms with Crippen LogP contribution in [0.4, 0.5) is 10.6 Å². The van der Waals surface area contributed by atoms with Gasteiger partial charge in [-0.15, -0.1) is 0 Å². The van der Waals surface area contributed by atoms with Crippen molar-refractivity contribution in [2.75, 3.05) is 71.6 Å². The molecule has 2 aliphatic rings. The minimum atomic E-state index is 0.146. The Balaban J connectivity index is 1.54. The minimum Gasteiger partial charge on any atom is -0.383 e. The molecule has 2 amide bonds. The summed E-state index contributed by atoms with van der Waals surface area (Å²) in [5, 5.41) is 0. The van der Waals surface area contributed by atoms with Gasteiger partial charge in [-0.2, -0.15) is 0 Å². The zero-order valence-corrected chi connectivity index (χ0v) is 19.8. The Labute approximate surface area is 190 Å². The van der Waals surface area contributed by atoms with Crippen LogP contribution in [0.1, 0.15) is 44.3 Å². The summed E-state index contributed by atoms with van der Waals surface area (Å²) < 4.78 is 12.9. The first-order chi connectivity index (χ1) is 15.5. The van der Waals surface area contributed by atoms with Gasteiger partial charge in [-0.25, -0.2) is 14.8 Å². The van der Waals surface area contributed by atoms with Gasteiger partial charge in [-0.3, -0.25) is 0 Å². The molecule has 176 valence electrons. The number of hydrogen-bond acceptors (Lipinski definition) is 6. The lowest BCUT2D eigenvalue weighted by Gasteiger charge is -2.37. The van der Waals surface area contributed by atoms with Crippen LogP contribution in [0.15, 0.2) is 12.4 Å². The number of likely N-dealkylation sites (N-methyl/N-ethyl adjacent to an activating group) is 1. The average Bonchev–Trinajstić information content (AvgIpc) is 3.26. The maximum atomic E-state index is 12.9. The van der Waals surface area contributed by atoms with Crippen molar-refractivity contribution in [2.45, 2.75) is 38.6 Å². The summed E-state index contributed by atoms with van der Waals surface area (Å²) in [5.41, 5.74) is 3.15. The number of methoxy groups -OCH3 is 1. The Kier molecular flexibility index (Phi) is 7.15. The van der Waals surface area contributed by atoms with E-state index < -0.39 is 0 Å². The predicted molar refractivity (Wildman–Crippen MR) is 124 cm³/mol. The van der Waals surface area contributed by atoms with E-state index in [1.807, 2.05) is 23.2 Å². The Bertz CT molecular complexity index is 916. The number of carbonyl (C=O) groups excluding carboxylic acids is 1. The molecule has 4 heterocycles. The monoisotopic (exact) mass is 444 g/mol. The molecule has 0 bridgehead atoms. The Morgan fingerprint density at radius 2 is 1.91 bits per heavy atom. The lowest BCUT2D eigenvalue weighted by atomic mass is 9.93. The van der Waals surface area contributed by atoms with Crippen molar-refractivity contribution in [3.05, 3.63) is 18.1 Å². The van der Waals surface area contributed by atoms with Crippen LogP contribution in [-0.2, 0) is 9.47 Å². The molecule has 0 saturated carbocycles. The molecule has 9 nitrogen and oxygen atoms in total. The Hall–Kier alpha value is -2.39. The van der Waals surface area contributed by atoms with Crippen molar-refractivity contribution in [2.24, 2.45) is 0 Å². The van der Waals surface area contributed by atoms with Gasteiger partial charge in [0.15, 0.2) is 5.82 Å². The maximum absolute atomic E-state index is 12.9. The van der Waals surface area contributed by atoms with Crippen LogP contribution in [0.3, 0.4) is 0 Å². The summed E-state index contributed by atoms with van der Waals surface area (Å²) in [6.45, 7) is 9.90. The van der Waals surface area contributed by atoms with Gasteiger partial charge >= 0.3 is 6.03 Å². The van der Waals surface area contributed by atoms with Crippen LogP contribution in [0, 0.1) is 0 Å². The van der Waals surface area contributed by atoms with Gasteiger partial charge in [0.25, 0.3) is 0 Å². The van der Waals surface area contributed by atoms with Crippen LogP contribution < -0.4 is 4.90 Å². The molecular weight excluding hydrogens is 408 g/mol. The number of piperidine rings is 1. The third-order valence-corrected chi connectivity index (χ3v) is 6.58. The number of hydrogen-bond donors (Lipinski definition) is 0. The fourth-order valence-corrected chi connectivity index (χ4v) is 4.58. The third kappa shape index (κ3) is 4.68. The summed E-state index contributed by atoms with van der Waals surface area (Å²) in [4.78, 5) is 28.7. The number of rotatable bonds is 6. The van der Waals surface area contributed by atoms with Gasteiger partial charge < -0.3 is 28.7 Å². The van der Waals surface area contributed by atoms with E-state index in [0.29, 0.717) is 44.9 Å². The number of likely N-dealkylation sites (tertiary alicyclic amines) is 1. The number of fused-ring (bicyclic) bond motifs is 1. The lowest BCUT2D eigenvalue weighted by Crippen LogP contribution is -2.50. The first-order valence-corrected chi connectivity index (χ1v) is 11.7. The smallest absolute Gasteiger partial charge is 0.320 e. The Morgan fingerprint density at radius 1 is 1.22 bits per heavy atom. The van der Waals surface area contributed by atoms with Gasteiger partial charge in [-0.1, -0.05) is 0 Å². The van der Waals surface area contributed by atoms with Crippen molar-refractivity contribution >= 4 is 22.9 Å². The van der Waals surface area contributed by atoms with E-state index in [9.17, 15) is 4.79 Å². The molecule has 2 fully saturated rings. The fourth-order valence-electron chi connectivity index (χ4n) is 4.58. The molecule has 2 aromatic heterocycles. The quantitative estimate of drug-likeness (QED) is 0.682. The largest absolute Gasteiger partial charge is 0.383 e. The average molecular weight is 445 g/mol. The van der Waals surface area contributed by atoms with Crippen LogP contribution in [0.2, 0.25) is 0 Å². The number of ether oxygens (including phenoxy) is 2. The molecule has 0 atom stereocenters. The second-order valence-corrected chi connectivity index (χ2v) is 9.04. The van der Waals surface area contributed by atoms with E-state index in [0.717, 1.165) is 55.0 Å².